The largest absolute Gasteiger partial charge is 0.493 e. The van der Waals surface area contributed by atoms with Crippen molar-refractivity contribution >= 4 is 16.7 Å². The van der Waals surface area contributed by atoms with Crippen LogP contribution < -0.4 is 10.1 Å². The van der Waals surface area contributed by atoms with Crippen LogP contribution in [0.3, 0.4) is 0 Å². The predicted octanol–water partition coefficient (Wildman–Crippen LogP) is 4.09. The molecule has 0 aliphatic carbocycles. The zero-order valence-corrected chi connectivity index (χ0v) is 12.7. The number of fused-ring (bicyclic) bond motifs is 2. The standard InChI is InChI=1S/C20H17NO2/c22-20(16-10-5-7-14-6-1-2-8-15(14)16)21-18-12-13-23-19-11-4-3-9-17(18)19/h1-11,18H,12-13H2,(H,21,22). The first-order chi connectivity index (χ1) is 11.3. The Morgan fingerprint density at radius 2 is 1.74 bits per heavy atom. The number of carbonyl (C=O) groups excluding carboxylic acids is 1. The van der Waals surface area contributed by atoms with Crippen molar-refractivity contribution in [1.29, 1.82) is 0 Å². The van der Waals surface area contributed by atoms with Gasteiger partial charge in [-0.1, -0.05) is 54.6 Å². The molecule has 1 aliphatic rings. The summed E-state index contributed by atoms with van der Waals surface area (Å²) >= 11 is 0. The zero-order chi connectivity index (χ0) is 15.6. The van der Waals surface area contributed by atoms with E-state index in [0.717, 1.165) is 28.5 Å². The van der Waals surface area contributed by atoms with Crippen molar-refractivity contribution in [1.82, 2.24) is 5.32 Å². The molecule has 1 unspecified atom stereocenters. The molecule has 114 valence electrons. The van der Waals surface area contributed by atoms with Gasteiger partial charge in [-0.15, -0.1) is 0 Å². The van der Waals surface area contributed by atoms with Crippen molar-refractivity contribution in [2.24, 2.45) is 0 Å². The number of ether oxygens (including phenoxy) is 1. The molecule has 0 spiro atoms. The molecule has 1 atom stereocenters. The minimum absolute atomic E-state index is 0.00795. The molecule has 1 heterocycles. The summed E-state index contributed by atoms with van der Waals surface area (Å²) in [5.74, 6) is 0.825. The van der Waals surface area contributed by atoms with Gasteiger partial charge >= 0.3 is 0 Å². The molecular formula is C20H17NO2. The molecule has 0 saturated heterocycles. The topological polar surface area (TPSA) is 38.3 Å². The van der Waals surface area contributed by atoms with Crippen molar-refractivity contribution < 1.29 is 9.53 Å². The molecule has 1 N–H and O–H groups in total. The van der Waals surface area contributed by atoms with Crippen LogP contribution in [-0.4, -0.2) is 12.5 Å². The summed E-state index contributed by atoms with van der Waals surface area (Å²) in [6, 6.07) is 21.7. The van der Waals surface area contributed by atoms with Gasteiger partial charge < -0.3 is 10.1 Å². The van der Waals surface area contributed by atoms with E-state index >= 15 is 0 Å². The van der Waals surface area contributed by atoms with Crippen LogP contribution in [0.5, 0.6) is 5.75 Å². The second-order valence-electron chi connectivity index (χ2n) is 5.73. The summed E-state index contributed by atoms with van der Waals surface area (Å²) in [6.07, 6.45) is 0.785. The first kappa shape index (κ1) is 13.8. The molecule has 1 amide bonds. The average molecular weight is 303 g/mol. The Hall–Kier alpha value is -2.81. The van der Waals surface area contributed by atoms with Crippen molar-refractivity contribution in [3.8, 4) is 5.75 Å². The van der Waals surface area contributed by atoms with E-state index in [-0.39, 0.29) is 11.9 Å². The Balaban J connectivity index is 1.66. The highest BCUT2D eigenvalue weighted by Crippen LogP contribution is 2.32. The number of carbonyl (C=O) groups is 1. The lowest BCUT2D eigenvalue weighted by molar-refractivity contribution is 0.0926. The van der Waals surface area contributed by atoms with Gasteiger partial charge in [-0.3, -0.25) is 4.79 Å². The quantitative estimate of drug-likeness (QED) is 0.774. The highest BCUT2D eigenvalue weighted by Gasteiger charge is 2.23. The maximum Gasteiger partial charge on any atom is 0.252 e. The fourth-order valence-electron chi connectivity index (χ4n) is 3.15. The Morgan fingerprint density at radius 1 is 0.957 bits per heavy atom. The monoisotopic (exact) mass is 303 g/mol. The first-order valence-corrected chi connectivity index (χ1v) is 7.83. The summed E-state index contributed by atoms with van der Waals surface area (Å²) < 4.78 is 5.66. The third-order valence-electron chi connectivity index (χ3n) is 4.30. The van der Waals surface area contributed by atoms with Crippen LogP contribution in [0, 0.1) is 0 Å². The molecular weight excluding hydrogens is 286 g/mol. The SMILES string of the molecule is O=C(NC1CCOc2ccccc21)c1cccc2ccccc12. The summed E-state index contributed by atoms with van der Waals surface area (Å²) in [4.78, 5) is 12.8. The number of nitrogens with one attached hydrogen (secondary N) is 1. The number of hydrogen-bond acceptors (Lipinski definition) is 2. The van der Waals surface area contributed by atoms with E-state index in [1.807, 2.05) is 66.7 Å². The van der Waals surface area contributed by atoms with Gasteiger partial charge in [0.25, 0.3) is 5.91 Å². The Morgan fingerprint density at radius 3 is 2.70 bits per heavy atom. The predicted molar refractivity (Wildman–Crippen MR) is 90.7 cm³/mol. The fourth-order valence-corrected chi connectivity index (χ4v) is 3.15. The van der Waals surface area contributed by atoms with E-state index in [9.17, 15) is 4.79 Å². The van der Waals surface area contributed by atoms with Gasteiger partial charge in [0.15, 0.2) is 0 Å². The Labute approximate surface area is 134 Å². The maximum absolute atomic E-state index is 12.8. The molecule has 0 radical (unpaired) electrons. The van der Waals surface area contributed by atoms with Crippen LogP contribution in [-0.2, 0) is 0 Å². The summed E-state index contributed by atoms with van der Waals surface area (Å²) in [5, 5.41) is 5.22. The third kappa shape index (κ3) is 2.55. The normalized spacial score (nSPS) is 16.4. The van der Waals surface area contributed by atoms with Gasteiger partial charge in [0.05, 0.1) is 12.6 Å². The second-order valence-corrected chi connectivity index (χ2v) is 5.73. The molecule has 3 heteroatoms. The van der Waals surface area contributed by atoms with Crippen molar-refractivity contribution in [2.75, 3.05) is 6.61 Å². The van der Waals surface area contributed by atoms with Gasteiger partial charge in [0.1, 0.15) is 5.75 Å². The van der Waals surface area contributed by atoms with Crippen LogP contribution in [0.2, 0.25) is 0 Å². The number of benzene rings is 3. The van der Waals surface area contributed by atoms with Gasteiger partial charge in [-0.2, -0.15) is 0 Å². The molecule has 3 aromatic carbocycles. The van der Waals surface area contributed by atoms with E-state index in [1.54, 1.807) is 0 Å². The van der Waals surface area contributed by atoms with Gasteiger partial charge in [-0.25, -0.2) is 0 Å². The molecule has 23 heavy (non-hydrogen) atoms. The number of para-hydroxylation sites is 1. The van der Waals surface area contributed by atoms with Crippen LogP contribution in [0.1, 0.15) is 28.4 Å². The van der Waals surface area contributed by atoms with Crippen LogP contribution in [0.4, 0.5) is 0 Å². The number of amides is 1. The van der Waals surface area contributed by atoms with Gasteiger partial charge in [0.2, 0.25) is 0 Å². The molecule has 0 aromatic heterocycles. The van der Waals surface area contributed by atoms with Gasteiger partial charge in [-0.05, 0) is 22.9 Å². The summed E-state index contributed by atoms with van der Waals surface area (Å²) in [6.45, 7) is 0.623. The van der Waals surface area contributed by atoms with E-state index in [1.165, 1.54) is 0 Å². The lowest BCUT2D eigenvalue weighted by Gasteiger charge is -2.26. The van der Waals surface area contributed by atoms with E-state index in [0.29, 0.717) is 12.2 Å². The highest BCUT2D eigenvalue weighted by molar-refractivity contribution is 6.07. The molecule has 0 bridgehead atoms. The molecule has 3 aromatic rings. The second kappa shape index (κ2) is 5.76. The van der Waals surface area contributed by atoms with E-state index in [4.69, 9.17) is 4.74 Å². The highest BCUT2D eigenvalue weighted by atomic mass is 16.5. The lowest BCUT2D eigenvalue weighted by Crippen LogP contribution is -2.32. The van der Waals surface area contributed by atoms with Crippen LogP contribution >= 0.6 is 0 Å². The molecule has 0 fully saturated rings. The summed E-state index contributed by atoms with van der Waals surface area (Å²) in [5.41, 5.74) is 1.76. The fraction of sp³-hybridized carbons (Fsp3) is 0.150. The summed E-state index contributed by atoms with van der Waals surface area (Å²) in [7, 11) is 0. The third-order valence-corrected chi connectivity index (χ3v) is 4.30. The van der Waals surface area contributed by atoms with E-state index in [2.05, 4.69) is 5.32 Å². The molecule has 1 aliphatic heterocycles. The van der Waals surface area contributed by atoms with Crippen molar-refractivity contribution in [3.63, 3.8) is 0 Å². The minimum Gasteiger partial charge on any atom is -0.493 e. The van der Waals surface area contributed by atoms with Crippen LogP contribution in [0.15, 0.2) is 66.7 Å². The first-order valence-electron chi connectivity index (χ1n) is 7.83. The van der Waals surface area contributed by atoms with Crippen molar-refractivity contribution in [2.45, 2.75) is 12.5 Å². The van der Waals surface area contributed by atoms with Crippen molar-refractivity contribution in [3.05, 3.63) is 77.9 Å². The molecule has 3 nitrogen and oxygen atoms in total. The number of rotatable bonds is 2. The lowest BCUT2D eigenvalue weighted by atomic mass is 9.99. The zero-order valence-electron chi connectivity index (χ0n) is 12.7. The van der Waals surface area contributed by atoms with E-state index < -0.39 is 0 Å². The average Bonchev–Trinajstić information content (AvgIpc) is 2.61. The molecule has 4 rings (SSSR count). The Bertz CT molecular complexity index is 867. The smallest absolute Gasteiger partial charge is 0.252 e. The Kier molecular flexibility index (Phi) is 3.46. The molecule has 0 saturated carbocycles. The maximum atomic E-state index is 12.8. The van der Waals surface area contributed by atoms with Crippen LogP contribution in [0.25, 0.3) is 10.8 Å². The number of hydrogen-bond donors (Lipinski definition) is 1. The minimum atomic E-state index is -0.0384. The van der Waals surface area contributed by atoms with Gasteiger partial charge in [0, 0.05) is 17.5 Å².